The Morgan fingerprint density at radius 1 is 1.10 bits per heavy atom. The number of hydrogen-bond acceptors (Lipinski definition) is 5. The number of unbranched alkanes of at least 4 members (excludes halogenated alkanes) is 1. The van der Waals surface area contributed by atoms with Gasteiger partial charge in [-0.05, 0) is 49.4 Å². The van der Waals surface area contributed by atoms with E-state index in [0.29, 0.717) is 6.61 Å². The second kappa shape index (κ2) is 14.5. The molecule has 0 spiro atoms. The molecule has 0 fully saturated rings. The Morgan fingerprint density at radius 2 is 1.72 bits per heavy atom. The van der Waals surface area contributed by atoms with Gasteiger partial charge in [0.15, 0.2) is 0 Å². The Kier molecular flexibility index (Phi) is 12.7. The van der Waals surface area contributed by atoms with Gasteiger partial charge < -0.3 is 25.4 Å². The van der Waals surface area contributed by atoms with Crippen LogP contribution in [0.2, 0.25) is 0 Å². The molecular weight excluding hydrogens is 494 g/mol. The maximum absolute atomic E-state index is 13.8. The van der Waals surface area contributed by atoms with Crippen molar-refractivity contribution < 1.29 is 24.2 Å². The predicted octanol–water partition coefficient (Wildman–Crippen LogP) is 4.78. The lowest BCUT2D eigenvalue weighted by atomic mass is 9.76. The van der Waals surface area contributed by atoms with Crippen LogP contribution in [0.5, 0.6) is 5.75 Å². The first kappa shape index (κ1) is 34.2. The predicted molar refractivity (Wildman–Crippen MR) is 157 cm³/mol. The molecule has 220 valence electrons. The first-order valence-corrected chi connectivity index (χ1v) is 13.9. The highest BCUT2D eigenvalue weighted by Gasteiger charge is 2.41. The van der Waals surface area contributed by atoms with E-state index in [0.717, 1.165) is 24.2 Å². The number of hydrogen-bond donors (Lipinski definition) is 3. The Balaban J connectivity index is 3.30. The molecule has 0 bridgehead atoms. The minimum Gasteiger partial charge on any atom is -0.494 e. The van der Waals surface area contributed by atoms with Gasteiger partial charge in [-0.15, -0.1) is 0 Å². The van der Waals surface area contributed by atoms with Gasteiger partial charge >= 0.3 is 5.97 Å². The quantitative estimate of drug-likeness (QED) is 0.229. The second-order valence-corrected chi connectivity index (χ2v) is 12.3. The summed E-state index contributed by atoms with van der Waals surface area (Å²) in [6.07, 6.45) is 3.61. The number of amides is 2. The molecule has 0 heterocycles. The van der Waals surface area contributed by atoms with Crippen LogP contribution in [0.15, 0.2) is 35.9 Å². The largest absolute Gasteiger partial charge is 0.494 e. The maximum Gasteiger partial charge on any atom is 0.331 e. The molecule has 0 aliphatic heterocycles. The van der Waals surface area contributed by atoms with Crippen molar-refractivity contribution in [3.05, 3.63) is 41.5 Å². The molecular formula is C31H51N3O5. The van der Waals surface area contributed by atoms with Crippen molar-refractivity contribution in [1.82, 2.24) is 15.5 Å². The first-order chi connectivity index (χ1) is 18.0. The van der Waals surface area contributed by atoms with Crippen LogP contribution in [0.1, 0.15) is 80.7 Å². The zero-order valence-corrected chi connectivity index (χ0v) is 25.8. The fraction of sp³-hybridized carbons (Fsp3) is 0.645. The highest BCUT2D eigenvalue weighted by molar-refractivity contribution is 5.91. The second-order valence-electron chi connectivity index (χ2n) is 12.3. The SMILES string of the molecule is CCCCOc1cccc(C(C)(C)[C@H](NC)C(=O)NC(C(=O)N(C)[C@H](/C=C(\C)C(=O)O)C(C)C)C(C)(C)C)c1. The van der Waals surface area contributed by atoms with Crippen LogP contribution in [0.3, 0.4) is 0 Å². The number of aliphatic carboxylic acids is 1. The molecule has 39 heavy (non-hydrogen) atoms. The minimum absolute atomic E-state index is 0.0274. The molecule has 8 heteroatoms. The van der Waals surface area contributed by atoms with E-state index in [4.69, 9.17) is 4.74 Å². The summed E-state index contributed by atoms with van der Waals surface area (Å²) in [6, 6.07) is 5.89. The van der Waals surface area contributed by atoms with Gasteiger partial charge in [0.05, 0.1) is 18.7 Å². The molecule has 0 saturated carbocycles. The average Bonchev–Trinajstić information content (AvgIpc) is 2.84. The number of benzene rings is 1. The fourth-order valence-electron chi connectivity index (χ4n) is 4.61. The van der Waals surface area contributed by atoms with E-state index >= 15 is 0 Å². The standard InChI is InChI=1S/C31H51N3O5/c1-12-13-17-39-23-16-14-15-22(19-23)31(8,9)25(32-10)27(35)33-26(30(5,6)7)28(36)34(11)24(20(2)3)18-21(4)29(37)38/h14-16,18-20,24-26,32H,12-13,17H2,1-11H3,(H,33,35)(H,37,38)/b21-18+/t24-,25-,26?/m1/s1. The molecule has 1 aromatic rings. The van der Waals surface area contributed by atoms with Gasteiger partial charge in [-0.2, -0.15) is 0 Å². The van der Waals surface area contributed by atoms with Crippen molar-refractivity contribution >= 4 is 17.8 Å². The van der Waals surface area contributed by atoms with Crippen molar-refractivity contribution in [2.24, 2.45) is 11.3 Å². The number of carbonyl (C=O) groups excluding carboxylic acids is 2. The Hall–Kier alpha value is -2.87. The third-order valence-corrected chi connectivity index (χ3v) is 7.25. The molecule has 1 unspecified atom stereocenters. The summed E-state index contributed by atoms with van der Waals surface area (Å²) < 4.78 is 5.89. The maximum atomic E-state index is 13.8. The van der Waals surface area contributed by atoms with E-state index < -0.39 is 34.9 Å². The first-order valence-electron chi connectivity index (χ1n) is 13.9. The number of carbonyl (C=O) groups is 3. The molecule has 0 saturated heterocycles. The Morgan fingerprint density at radius 3 is 2.21 bits per heavy atom. The van der Waals surface area contributed by atoms with E-state index in [1.54, 1.807) is 25.1 Å². The smallest absolute Gasteiger partial charge is 0.331 e. The summed E-state index contributed by atoms with van der Waals surface area (Å²) in [7, 11) is 3.40. The molecule has 0 aliphatic carbocycles. The summed E-state index contributed by atoms with van der Waals surface area (Å²) in [4.78, 5) is 40.6. The van der Waals surface area contributed by atoms with E-state index in [9.17, 15) is 19.5 Å². The normalized spacial score (nSPS) is 14.9. The van der Waals surface area contributed by atoms with Crippen molar-refractivity contribution in [3.8, 4) is 5.75 Å². The van der Waals surface area contributed by atoms with Gasteiger partial charge in [0.25, 0.3) is 0 Å². The molecule has 0 radical (unpaired) electrons. The van der Waals surface area contributed by atoms with Crippen LogP contribution < -0.4 is 15.4 Å². The van der Waals surface area contributed by atoms with E-state index in [1.807, 2.05) is 72.7 Å². The highest BCUT2D eigenvalue weighted by atomic mass is 16.5. The van der Waals surface area contributed by atoms with Crippen molar-refractivity contribution in [2.75, 3.05) is 20.7 Å². The Bertz CT molecular complexity index is 1010. The summed E-state index contributed by atoms with van der Waals surface area (Å²) in [5.41, 5.74) is -0.107. The minimum atomic E-state index is -1.03. The topological polar surface area (TPSA) is 108 Å². The van der Waals surface area contributed by atoms with Crippen molar-refractivity contribution in [2.45, 2.75) is 98.7 Å². The van der Waals surface area contributed by atoms with Gasteiger partial charge in [0.1, 0.15) is 11.8 Å². The zero-order chi connectivity index (χ0) is 30.1. The third kappa shape index (κ3) is 9.38. The van der Waals surface area contributed by atoms with Crippen molar-refractivity contribution in [1.29, 1.82) is 0 Å². The number of nitrogens with one attached hydrogen (secondary N) is 2. The fourth-order valence-corrected chi connectivity index (χ4v) is 4.61. The Labute approximate surface area is 235 Å². The summed E-state index contributed by atoms with van der Waals surface area (Å²) in [5, 5.41) is 15.6. The van der Waals surface area contributed by atoms with Crippen molar-refractivity contribution in [3.63, 3.8) is 0 Å². The van der Waals surface area contributed by atoms with Gasteiger partial charge in [-0.3, -0.25) is 9.59 Å². The number of carboxylic acids is 1. The van der Waals surface area contributed by atoms with Gasteiger partial charge in [0, 0.05) is 18.0 Å². The number of ether oxygens (including phenoxy) is 1. The van der Waals surface area contributed by atoms with E-state index in [1.165, 1.54) is 6.92 Å². The average molecular weight is 546 g/mol. The number of nitrogens with zero attached hydrogens (tertiary/aromatic N) is 1. The van der Waals surface area contributed by atoms with Gasteiger partial charge in [-0.25, -0.2) is 4.79 Å². The van der Waals surface area contributed by atoms with Crippen LogP contribution in [-0.2, 0) is 19.8 Å². The van der Waals surface area contributed by atoms with E-state index in [-0.39, 0.29) is 23.3 Å². The van der Waals surface area contributed by atoms with E-state index in [2.05, 4.69) is 17.6 Å². The summed E-state index contributed by atoms with van der Waals surface area (Å²) in [6.45, 7) is 17.8. The summed E-state index contributed by atoms with van der Waals surface area (Å²) in [5.74, 6) is -0.859. The summed E-state index contributed by atoms with van der Waals surface area (Å²) >= 11 is 0. The highest BCUT2D eigenvalue weighted by Crippen LogP contribution is 2.31. The van der Waals surface area contributed by atoms with Crippen LogP contribution in [0.25, 0.3) is 0 Å². The van der Waals surface area contributed by atoms with Crippen LogP contribution >= 0.6 is 0 Å². The number of rotatable bonds is 14. The molecule has 0 aliphatic rings. The molecule has 1 aromatic carbocycles. The molecule has 0 aromatic heterocycles. The molecule has 1 rings (SSSR count). The van der Waals surface area contributed by atoms with Gasteiger partial charge in [-0.1, -0.05) is 80.0 Å². The molecule has 2 amide bonds. The lowest BCUT2D eigenvalue weighted by Crippen LogP contribution is -2.61. The third-order valence-electron chi connectivity index (χ3n) is 7.25. The molecule has 8 nitrogen and oxygen atoms in total. The van der Waals surface area contributed by atoms with Crippen LogP contribution in [-0.4, -0.2) is 66.6 Å². The van der Waals surface area contributed by atoms with Crippen LogP contribution in [0.4, 0.5) is 0 Å². The molecule has 3 N–H and O–H groups in total. The zero-order valence-electron chi connectivity index (χ0n) is 25.8. The lowest BCUT2D eigenvalue weighted by Gasteiger charge is -2.40. The number of carboxylic acid groups (broad SMARTS) is 1. The monoisotopic (exact) mass is 545 g/mol. The number of likely N-dealkylation sites (N-methyl/N-ethyl adjacent to an activating group) is 2. The van der Waals surface area contributed by atoms with Gasteiger partial charge in [0.2, 0.25) is 11.8 Å². The van der Waals surface area contributed by atoms with Crippen LogP contribution in [0, 0.1) is 11.3 Å². The molecule has 3 atom stereocenters. The lowest BCUT2D eigenvalue weighted by molar-refractivity contribution is -0.141.